The zero-order valence-electron chi connectivity index (χ0n) is 7.51. The van der Waals surface area contributed by atoms with Crippen LogP contribution in [0.25, 0.3) is 10.1 Å². The van der Waals surface area contributed by atoms with Crippen LogP contribution in [-0.4, -0.2) is 6.26 Å². The summed E-state index contributed by atoms with van der Waals surface area (Å²) < 4.78 is 1.20. The van der Waals surface area contributed by atoms with Gasteiger partial charge in [0, 0.05) is 21.0 Å². The number of hydrogen-bond acceptors (Lipinski definition) is 2. The van der Waals surface area contributed by atoms with Crippen LogP contribution in [0.1, 0.15) is 5.56 Å². The van der Waals surface area contributed by atoms with Crippen molar-refractivity contribution in [2.24, 2.45) is 0 Å². The Labute approximate surface area is 105 Å². The Bertz CT molecular complexity index is 464. The van der Waals surface area contributed by atoms with E-state index in [0.717, 1.165) is 15.9 Å². The van der Waals surface area contributed by atoms with Crippen molar-refractivity contribution in [3.8, 4) is 0 Å². The summed E-state index contributed by atoms with van der Waals surface area (Å²) in [4.78, 5) is 1.31. The molecule has 0 radical (unpaired) electrons. The second-order valence-corrected chi connectivity index (χ2v) is 5.52. The van der Waals surface area contributed by atoms with Crippen LogP contribution in [0.15, 0.2) is 22.4 Å². The van der Waals surface area contributed by atoms with Gasteiger partial charge in [-0.05, 0) is 11.8 Å². The normalized spacial score (nSPS) is 11.1. The van der Waals surface area contributed by atoms with Gasteiger partial charge in [-0.25, -0.2) is 0 Å². The van der Waals surface area contributed by atoms with Gasteiger partial charge >= 0.3 is 0 Å². The minimum atomic E-state index is 0.814. The van der Waals surface area contributed by atoms with Gasteiger partial charge in [0.05, 0.1) is 9.72 Å². The molecule has 14 heavy (non-hydrogen) atoms. The summed E-state index contributed by atoms with van der Waals surface area (Å²) in [5, 5.41) is 5.15. The average Bonchev–Trinajstić information content (AvgIpc) is 2.62. The number of hydrogen-bond donors (Lipinski definition) is 0. The molecule has 1 heterocycles. The van der Waals surface area contributed by atoms with Gasteiger partial charge in [-0.3, -0.25) is 0 Å². The fourth-order valence-electron chi connectivity index (χ4n) is 1.34. The van der Waals surface area contributed by atoms with Crippen LogP contribution in [0.2, 0.25) is 5.02 Å². The Morgan fingerprint density at radius 1 is 1.50 bits per heavy atom. The van der Waals surface area contributed by atoms with E-state index in [1.165, 1.54) is 15.0 Å². The first-order valence-corrected chi connectivity index (χ1v) is 7.67. The van der Waals surface area contributed by atoms with Gasteiger partial charge in [-0.1, -0.05) is 39.7 Å². The van der Waals surface area contributed by atoms with Crippen molar-refractivity contribution < 1.29 is 0 Å². The quantitative estimate of drug-likeness (QED) is 0.545. The second-order valence-electron chi connectivity index (χ2n) is 2.85. The maximum atomic E-state index is 6.28. The number of alkyl halides is 1. The third-order valence-corrected chi connectivity index (χ3v) is 5.18. The highest BCUT2D eigenvalue weighted by Crippen LogP contribution is 2.38. The van der Waals surface area contributed by atoms with Crippen LogP contribution in [-0.2, 0) is 5.33 Å². The van der Waals surface area contributed by atoms with Crippen LogP contribution in [0.5, 0.6) is 0 Å². The smallest absolute Gasteiger partial charge is 0.0625 e. The Morgan fingerprint density at radius 3 is 2.93 bits per heavy atom. The molecule has 0 spiro atoms. The van der Waals surface area contributed by atoms with Gasteiger partial charge in [0.15, 0.2) is 0 Å². The van der Waals surface area contributed by atoms with E-state index in [2.05, 4.69) is 39.7 Å². The molecule has 1 aromatic carbocycles. The number of fused-ring (bicyclic) bond motifs is 1. The van der Waals surface area contributed by atoms with Crippen molar-refractivity contribution in [1.29, 1.82) is 0 Å². The molecule has 1 aromatic heterocycles. The lowest BCUT2D eigenvalue weighted by atomic mass is 10.2. The Kier molecular flexibility index (Phi) is 3.42. The van der Waals surface area contributed by atoms with E-state index in [-0.39, 0.29) is 0 Å². The fourth-order valence-corrected chi connectivity index (χ4v) is 4.21. The van der Waals surface area contributed by atoms with Gasteiger partial charge in [0.2, 0.25) is 0 Å². The largest absolute Gasteiger partial charge is 0.141 e. The van der Waals surface area contributed by atoms with Gasteiger partial charge in [0.1, 0.15) is 0 Å². The molecule has 0 amide bonds. The zero-order chi connectivity index (χ0) is 10.1. The highest BCUT2D eigenvalue weighted by Gasteiger charge is 2.09. The van der Waals surface area contributed by atoms with Crippen molar-refractivity contribution >= 4 is 60.7 Å². The standard InChI is InChI=1S/C10H8BrClS2/c1-13-8-5-14-10-7(8)3-2-6(4-11)9(10)12/h2-3,5H,4H2,1H3. The van der Waals surface area contributed by atoms with Crippen molar-refractivity contribution in [3.63, 3.8) is 0 Å². The molecule has 74 valence electrons. The fraction of sp³-hybridized carbons (Fsp3) is 0.200. The number of rotatable bonds is 2. The van der Waals surface area contributed by atoms with Crippen LogP contribution in [0, 0.1) is 0 Å². The van der Waals surface area contributed by atoms with Gasteiger partial charge in [0.25, 0.3) is 0 Å². The highest BCUT2D eigenvalue weighted by molar-refractivity contribution is 9.08. The van der Waals surface area contributed by atoms with E-state index in [1.807, 2.05) is 0 Å². The van der Waals surface area contributed by atoms with E-state index in [4.69, 9.17) is 11.6 Å². The molecule has 4 heteroatoms. The zero-order valence-corrected chi connectivity index (χ0v) is 11.5. The maximum Gasteiger partial charge on any atom is 0.0625 e. The Hall–Kier alpha value is 0.300. The van der Waals surface area contributed by atoms with E-state index in [1.54, 1.807) is 23.1 Å². The number of halogens is 2. The van der Waals surface area contributed by atoms with Gasteiger partial charge < -0.3 is 0 Å². The van der Waals surface area contributed by atoms with E-state index in [0.29, 0.717) is 0 Å². The molecule has 0 bridgehead atoms. The maximum absolute atomic E-state index is 6.28. The summed E-state index contributed by atoms with van der Waals surface area (Å²) in [6.07, 6.45) is 2.09. The van der Waals surface area contributed by atoms with Crippen molar-refractivity contribution in [3.05, 3.63) is 28.1 Å². The summed E-state index contributed by atoms with van der Waals surface area (Å²) >= 11 is 13.2. The summed E-state index contributed by atoms with van der Waals surface area (Å²) in [7, 11) is 0. The third-order valence-electron chi connectivity index (χ3n) is 2.09. The molecule has 0 nitrogen and oxygen atoms in total. The lowest BCUT2D eigenvalue weighted by molar-refractivity contribution is 1.47. The second kappa shape index (κ2) is 4.44. The van der Waals surface area contributed by atoms with E-state index in [9.17, 15) is 0 Å². The van der Waals surface area contributed by atoms with Crippen LogP contribution in [0.3, 0.4) is 0 Å². The molecule has 2 aromatic rings. The highest BCUT2D eigenvalue weighted by atomic mass is 79.9. The number of thioether (sulfide) groups is 1. The van der Waals surface area contributed by atoms with E-state index < -0.39 is 0 Å². The summed E-state index contributed by atoms with van der Waals surface area (Å²) in [6, 6.07) is 4.24. The molecule has 0 atom stereocenters. The lowest BCUT2D eigenvalue weighted by Crippen LogP contribution is -1.79. The average molecular weight is 308 g/mol. The number of thiophene rings is 1. The topological polar surface area (TPSA) is 0 Å². The molecule has 0 aliphatic carbocycles. The van der Waals surface area contributed by atoms with Crippen LogP contribution < -0.4 is 0 Å². The monoisotopic (exact) mass is 306 g/mol. The SMILES string of the molecule is CSc1csc2c(Cl)c(CBr)ccc12. The van der Waals surface area contributed by atoms with Crippen molar-refractivity contribution in [2.75, 3.05) is 6.26 Å². The van der Waals surface area contributed by atoms with Crippen molar-refractivity contribution in [2.45, 2.75) is 10.2 Å². The van der Waals surface area contributed by atoms with Crippen LogP contribution in [0.4, 0.5) is 0 Å². The predicted octanol–water partition coefficient (Wildman–Crippen LogP) is 5.17. The third kappa shape index (κ3) is 1.71. The first-order valence-electron chi connectivity index (χ1n) is 4.06. The minimum absolute atomic E-state index is 0.814. The molecule has 0 aliphatic rings. The number of benzene rings is 1. The molecule has 0 saturated heterocycles. The summed E-state index contributed by atoms with van der Waals surface area (Å²) in [5.74, 6) is 0. The molecule has 0 unspecified atom stereocenters. The first kappa shape index (κ1) is 10.8. The first-order chi connectivity index (χ1) is 6.77. The minimum Gasteiger partial charge on any atom is -0.141 e. The molecule has 2 rings (SSSR count). The summed E-state index contributed by atoms with van der Waals surface area (Å²) in [6.45, 7) is 0. The Morgan fingerprint density at radius 2 is 2.29 bits per heavy atom. The van der Waals surface area contributed by atoms with Gasteiger partial charge in [-0.15, -0.1) is 23.1 Å². The molecule has 0 aliphatic heterocycles. The summed E-state index contributed by atoms with van der Waals surface area (Å²) in [5.41, 5.74) is 1.16. The van der Waals surface area contributed by atoms with E-state index >= 15 is 0 Å². The van der Waals surface area contributed by atoms with Gasteiger partial charge in [-0.2, -0.15) is 0 Å². The molecule has 0 N–H and O–H groups in total. The molecule has 0 fully saturated rings. The van der Waals surface area contributed by atoms with Crippen LogP contribution >= 0.6 is 50.6 Å². The van der Waals surface area contributed by atoms with Crippen molar-refractivity contribution in [1.82, 2.24) is 0 Å². The predicted molar refractivity (Wildman–Crippen MR) is 71.2 cm³/mol. The molecular formula is C10H8BrClS2. The Balaban J connectivity index is 2.72. The molecular weight excluding hydrogens is 300 g/mol. The lowest BCUT2D eigenvalue weighted by Gasteiger charge is -2.01. The molecule has 0 saturated carbocycles.